The highest BCUT2D eigenvalue weighted by atomic mass is 35.5. The zero-order valence-corrected chi connectivity index (χ0v) is 10.7. The summed E-state index contributed by atoms with van der Waals surface area (Å²) in [5.41, 5.74) is -0.726. The number of amides is 1. The second-order valence-corrected chi connectivity index (χ2v) is 4.17. The minimum Gasteiger partial charge on any atom is -0.478 e. The highest BCUT2D eigenvalue weighted by Gasteiger charge is 2.19. The zero-order valence-electron chi connectivity index (χ0n) is 9.93. The average molecular weight is 295 g/mol. The molecule has 0 radical (unpaired) electrons. The molecule has 20 heavy (non-hydrogen) atoms. The molecule has 2 aromatic rings. The Bertz CT molecular complexity index is 691. The van der Waals surface area contributed by atoms with Gasteiger partial charge in [-0.15, -0.1) is 0 Å². The molecule has 0 atom stereocenters. The Balaban J connectivity index is 2.34. The van der Waals surface area contributed by atoms with Crippen molar-refractivity contribution in [2.24, 2.45) is 0 Å². The van der Waals surface area contributed by atoms with E-state index in [9.17, 15) is 14.0 Å². The number of hydrogen-bond acceptors (Lipinski definition) is 3. The van der Waals surface area contributed by atoms with E-state index in [2.05, 4.69) is 10.3 Å². The lowest BCUT2D eigenvalue weighted by Gasteiger charge is -2.08. The lowest BCUT2D eigenvalue weighted by atomic mass is 10.2. The van der Waals surface area contributed by atoms with Gasteiger partial charge in [-0.05, 0) is 24.3 Å². The summed E-state index contributed by atoms with van der Waals surface area (Å²) >= 11 is 5.59. The van der Waals surface area contributed by atoms with Crippen molar-refractivity contribution in [1.82, 2.24) is 4.98 Å². The first kappa shape index (κ1) is 14.0. The number of pyridine rings is 1. The van der Waals surface area contributed by atoms with Crippen molar-refractivity contribution in [3.63, 3.8) is 0 Å². The Labute approximate surface area is 118 Å². The number of aromatic nitrogens is 1. The van der Waals surface area contributed by atoms with Crippen molar-refractivity contribution in [1.29, 1.82) is 0 Å². The van der Waals surface area contributed by atoms with E-state index < -0.39 is 17.7 Å². The molecule has 0 aliphatic heterocycles. The Kier molecular flexibility index (Phi) is 3.95. The Morgan fingerprint density at radius 3 is 2.70 bits per heavy atom. The monoisotopic (exact) mass is 294 g/mol. The number of hydrogen-bond donors (Lipinski definition) is 2. The number of carbonyl (C=O) groups is 2. The predicted octanol–water partition coefficient (Wildman–Crippen LogP) is 2.82. The van der Waals surface area contributed by atoms with Crippen molar-refractivity contribution >= 4 is 29.2 Å². The Morgan fingerprint density at radius 1 is 1.25 bits per heavy atom. The molecule has 0 unspecified atom stereocenters. The third-order valence-electron chi connectivity index (χ3n) is 2.45. The number of anilines is 1. The normalized spacial score (nSPS) is 10.1. The predicted molar refractivity (Wildman–Crippen MR) is 70.6 cm³/mol. The minimum atomic E-state index is -1.30. The number of rotatable bonds is 3. The van der Waals surface area contributed by atoms with Crippen LogP contribution >= 0.6 is 11.6 Å². The average Bonchev–Trinajstić information content (AvgIpc) is 2.43. The number of benzene rings is 1. The standard InChI is InChI=1S/C13H8ClFN2O3/c14-8-4-1-5-9(10(8)15)17-12(18)11-7(13(19)20)3-2-6-16-11/h1-6H,(H,17,18)(H,19,20). The lowest BCUT2D eigenvalue weighted by Crippen LogP contribution is -2.18. The number of carboxylic acid groups (broad SMARTS) is 1. The van der Waals surface area contributed by atoms with Gasteiger partial charge in [0.25, 0.3) is 5.91 Å². The van der Waals surface area contributed by atoms with Crippen LogP contribution in [0.5, 0.6) is 0 Å². The van der Waals surface area contributed by atoms with Gasteiger partial charge in [0.2, 0.25) is 0 Å². The van der Waals surface area contributed by atoms with E-state index >= 15 is 0 Å². The molecular weight excluding hydrogens is 287 g/mol. The molecule has 1 heterocycles. The number of nitrogens with one attached hydrogen (secondary N) is 1. The molecule has 1 aromatic carbocycles. The van der Waals surface area contributed by atoms with Gasteiger partial charge >= 0.3 is 5.97 Å². The van der Waals surface area contributed by atoms with Crippen LogP contribution in [0.15, 0.2) is 36.5 Å². The summed E-state index contributed by atoms with van der Waals surface area (Å²) in [4.78, 5) is 26.6. The van der Waals surface area contributed by atoms with Crippen LogP contribution in [0.1, 0.15) is 20.8 Å². The largest absolute Gasteiger partial charge is 0.478 e. The summed E-state index contributed by atoms with van der Waals surface area (Å²) in [6, 6.07) is 6.72. The third-order valence-corrected chi connectivity index (χ3v) is 2.74. The van der Waals surface area contributed by atoms with Crippen molar-refractivity contribution < 1.29 is 19.1 Å². The molecule has 0 spiro atoms. The van der Waals surface area contributed by atoms with Crippen LogP contribution in [0.2, 0.25) is 5.02 Å². The summed E-state index contributed by atoms with van der Waals surface area (Å²) in [5, 5.41) is 11.1. The second-order valence-electron chi connectivity index (χ2n) is 3.76. The van der Waals surface area contributed by atoms with Crippen LogP contribution in [0, 0.1) is 5.82 Å². The van der Waals surface area contributed by atoms with Gasteiger partial charge in [-0.2, -0.15) is 0 Å². The molecule has 0 saturated heterocycles. The summed E-state index contributed by atoms with van der Waals surface area (Å²) in [6.07, 6.45) is 1.27. The number of carboxylic acids is 1. The smallest absolute Gasteiger partial charge is 0.338 e. The fraction of sp³-hybridized carbons (Fsp3) is 0. The van der Waals surface area contributed by atoms with E-state index in [0.29, 0.717) is 0 Å². The van der Waals surface area contributed by atoms with Gasteiger partial charge < -0.3 is 10.4 Å². The minimum absolute atomic E-state index is 0.149. The van der Waals surface area contributed by atoms with Crippen LogP contribution in [-0.4, -0.2) is 22.0 Å². The number of nitrogens with zero attached hydrogens (tertiary/aromatic N) is 1. The molecule has 102 valence electrons. The highest BCUT2D eigenvalue weighted by molar-refractivity contribution is 6.31. The molecule has 5 nitrogen and oxygen atoms in total. The summed E-state index contributed by atoms with van der Waals surface area (Å²) in [5.74, 6) is -2.92. The van der Waals surface area contributed by atoms with Crippen molar-refractivity contribution in [3.8, 4) is 0 Å². The summed E-state index contributed by atoms with van der Waals surface area (Å²) in [7, 11) is 0. The van der Waals surface area contributed by atoms with E-state index in [0.717, 1.165) is 0 Å². The zero-order chi connectivity index (χ0) is 14.7. The van der Waals surface area contributed by atoms with Gasteiger partial charge in [-0.1, -0.05) is 17.7 Å². The SMILES string of the molecule is O=C(O)c1cccnc1C(=O)Nc1cccc(Cl)c1F. The van der Waals surface area contributed by atoms with Crippen LogP contribution in [0.25, 0.3) is 0 Å². The molecule has 0 aliphatic carbocycles. The van der Waals surface area contributed by atoms with E-state index in [-0.39, 0.29) is 22.0 Å². The van der Waals surface area contributed by atoms with Gasteiger partial charge in [-0.3, -0.25) is 9.78 Å². The Morgan fingerprint density at radius 2 is 2.00 bits per heavy atom. The van der Waals surface area contributed by atoms with Gasteiger partial charge in [-0.25, -0.2) is 9.18 Å². The quantitative estimate of drug-likeness (QED) is 0.912. The lowest BCUT2D eigenvalue weighted by molar-refractivity contribution is 0.0691. The maximum absolute atomic E-state index is 13.7. The van der Waals surface area contributed by atoms with Crippen molar-refractivity contribution in [2.45, 2.75) is 0 Å². The second kappa shape index (κ2) is 5.66. The van der Waals surface area contributed by atoms with E-state index in [1.165, 1.54) is 36.5 Å². The maximum atomic E-state index is 13.7. The molecule has 0 aliphatic rings. The molecule has 1 aromatic heterocycles. The first-order valence-corrected chi connectivity index (χ1v) is 5.82. The van der Waals surface area contributed by atoms with E-state index in [4.69, 9.17) is 16.7 Å². The number of aromatic carboxylic acids is 1. The van der Waals surface area contributed by atoms with Crippen molar-refractivity contribution in [2.75, 3.05) is 5.32 Å². The van der Waals surface area contributed by atoms with Crippen LogP contribution in [0.3, 0.4) is 0 Å². The topological polar surface area (TPSA) is 79.3 Å². The van der Waals surface area contributed by atoms with Gasteiger partial charge in [0, 0.05) is 6.20 Å². The number of halogens is 2. The summed E-state index contributed by atoms with van der Waals surface area (Å²) in [6.45, 7) is 0. The van der Waals surface area contributed by atoms with Gasteiger partial charge in [0.1, 0.15) is 5.69 Å². The van der Waals surface area contributed by atoms with Crippen LogP contribution < -0.4 is 5.32 Å². The fourth-order valence-electron chi connectivity index (χ4n) is 1.54. The van der Waals surface area contributed by atoms with E-state index in [1.54, 1.807) is 0 Å². The van der Waals surface area contributed by atoms with Gasteiger partial charge in [0.05, 0.1) is 16.3 Å². The molecule has 1 amide bonds. The first-order chi connectivity index (χ1) is 9.50. The third kappa shape index (κ3) is 2.75. The Hall–Kier alpha value is -2.47. The maximum Gasteiger partial charge on any atom is 0.338 e. The molecule has 2 rings (SSSR count). The van der Waals surface area contributed by atoms with Crippen molar-refractivity contribution in [3.05, 3.63) is 58.6 Å². The number of carbonyl (C=O) groups excluding carboxylic acids is 1. The van der Waals surface area contributed by atoms with Crippen LogP contribution in [0.4, 0.5) is 10.1 Å². The molecular formula is C13H8ClFN2O3. The van der Waals surface area contributed by atoms with E-state index in [1.807, 2.05) is 0 Å². The molecule has 0 saturated carbocycles. The van der Waals surface area contributed by atoms with Gasteiger partial charge in [0.15, 0.2) is 5.82 Å². The first-order valence-electron chi connectivity index (χ1n) is 5.44. The molecule has 0 bridgehead atoms. The van der Waals surface area contributed by atoms with Crippen LogP contribution in [-0.2, 0) is 0 Å². The summed E-state index contributed by atoms with van der Waals surface area (Å²) < 4.78 is 13.7. The highest BCUT2D eigenvalue weighted by Crippen LogP contribution is 2.22. The fourth-order valence-corrected chi connectivity index (χ4v) is 1.72. The molecule has 0 fully saturated rings. The molecule has 7 heteroatoms. The molecule has 2 N–H and O–H groups in total.